The predicted octanol–water partition coefficient (Wildman–Crippen LogP) is 5.31. The number of ether oxygens (including phenoxy) is 2. The SMILES string of the molecule is NC(=O)c1cccc2c1c1c(OCC=O)cccc1n2Cc1cccc(Oc2ccccc2)c1. The molecule has 34 heavy (non-hydrogen) atoms. The van der Waals surface area contributed by atoms with Gasteiger partial charge in [-0.3, -0.25) is 9.59 Å². The summed E-state index contributed by atoms with van der Waals surface area (Å²) in [6.45, 7) is 0.453. The summed E-state index contributed by atoms with van der Waals surface area (Å²) in [5.74, 6) is 1.51. The van der Waals surface area contributed by atoms with E-state index < -0.39 is 5.91 Å². The first-order valence-corrected chi connectivity index (χ1v) is 10.9. The second-order valence-corrected chi connectivity index (χ2v) is 7.84. The zero-order chi connectivity index (χ0) is 23.5. The van der Waals surface area contributed by atoms with Gasteiger partial charge in [-0.1, -0.05) is 42.5 Å². The molecule has 0 saturated carbocycles. The number of nitrogens with zero attached hydrogens (tertiary/aromatic N) is 1. The third-order valence-corrected chi connectivity index (χ3v) is 5.67. The highest BCUT2D eigenvalue weighted by atomic mass is 16.5. The monoisotopic (exact) mass is 450 g/mol. The Bertz CT molecular complexity index is 1510. The summed E-state index contributed by atoms with van der Waals surface area (Å²) < 4.78 is 13.8. The summed E-state index contributed by atoms with van der Waals surface area (Å²) in [4.78, 5) is 23.2. The molecule has 2 N–H and O–H groups in total. The van der Waals surface area contributed by atoms with Gasteiger partial charge in [0.2, 0.25) is 5.91 Å². The maximum atomic E-state index is 12.3. The van der Waals surface area contributed by atoms with Crippen molar-refractivity contribution in [3.8, 4) is 17.2 Å². The van der Waals surface area contributed by atoms with Gasteiger partial charge in [-0.15, -0.1) is 0 Å². The number of carbonyl (C=O) groups excluding carboxylic acids is 2. The summed E-state index contributed by atoms with van der Waals surface area (Å²) >= 11 is 0. The van der Waals surface area contributed by atoms with E-state index in [1.807, 2.05) is 78.9 Å². The van der Waals surface area contributed by atoms with Gasteiger partial charge in [0, 0.05) is 17.5 Å². The number of aldehydes is 1. The Morgan fingerprint density at radius 2 is 1.53 bits per heavy atom. The van der Waals surface area contributed by atoms with Crippen LogP contribution in [0, 0.1) is 0 Å². The van der Waals surface area contributed by atoms with E-state index in [4.69, 9.17) is 15.2 Å². The molecule has 1 amide bonds. The fourth-order valence-corrected chi connectivity index (χ4v) is 4.29. The van der Waals surface area contributed by atoms with Crippen LogP contribution < -0.4 is 15.2 Å². The van der Waals surface area contributed by atoms with E-state index >= 15 is 0 Å². The lowest BCUT2D eigenvalue weighted by atomic mass is 10.1. The Balaban J connectivity index is 1.64. The minimum atomic E-state index is -0.520. The van der Waals surface area contributed by atoms with E-state index in [0.29, 0.717) is 29.5 Å². The lowest BCUT2D eigenvalue weighted by Crippen LogP contribution is -2.11. The Morgan fingerprint density at radius 1 is 0.824 bits per heavy atom. The van der Waals surface area contributed by atoms with Gasteiger partial charge >= 0.3 is 0 Å². The average Bonchev–Trinajstić information content (AvgIpc) is 3.17. The number of carbonyl (C=O) groups is 2. The molecule has 5 aromatic rings. The second kappa shape index (κ2) is 9.11. The van der Waals surface area contributed by atoms with Crippen LogP contribution in [0.1, 0.15) is 15.9 Å². The van der Waals surface area contributed by atoms with Crippen molar-refractivity contribution in [2.75, 3.05) is 6.61 Å². The summed E-state index contributed by atoms with van der Waals surface area (Å²) in [5, 5.41) is 1.47. The minimum Gasteiger partial charge on any atom is -0.485 e. The largest absolute Gasteiger partial charge is 0.485 e. The van der Waals surface area contributed by atoms with Gasteiger partial charge in [0.1, 0.15) is 23.9 Å². The lowest BCUT2D eigenvalue weighted by molar-refractivity contribution is -0.109. The molecule has 0 radical (unpaired) electrons. The number of aromatic nitrogens is 1. The molecule has 0 aliphatic carbocycles. The van der Waals surface area contributed by atoms with Crippen molar-refractivity contribution < 1.29 is 19.1 Å². The van der Waals surface area contributed by atoms with E-state index in [-0.39, 0.29) is 6.61 Å². The summed E-state index contributed by atoms with van der Waals surface area (Å²) in [5.41, 5.74) is 8.87. The maximum Gasteiger partial charge on any atom is 0.249 e. The first-order valence-electron chi connectivity index (χ1n) is 10.9. The molecule has 1 heterocycles. The number of nitrogens with two attached hydrogens (primary N) is 1. The quantitative estimate of drug-likeness (QED) is 0.325. The molecule has 168 valence electrons. The van der Waals surface area contributed by atoms with Gasteiger partial charge < -0.3 is 19.8 Å². The number of amides is 1. The molecule has 0 aliphatic rings. The molecular formula is C28H22N2O4. The zero-order valence-electron chi connectivity index (χ0n) is 18.3. The van der Waals surface area contributed by atoms with Crippen molar-refractivity contribution >= 4 is 34.0 Å². The molecule has 6 nitrogen and oxygen atoms in total. The Kier molecular flexibility index (Phi) is 5.70. The first kappa shape index (κ1) is 21.3. The maximum absolute atomic E-state index is 12.3. The van der Waals surface area contributed by atoms with E-state index in [2.05, 4.69) is 4.57 Å². The molecule has 0 saturated heterocycles. The smallest absolute Gasteiger partial charge is 0.249 e. The molecule has 0 aliphatic heterocycles. The first-order chi connectivity index (χ1) is 16.7. The molecule has 0 spiro atoms. The molecular weight excluding hydrogens is 428 g/mol. The highest BCUT2D eigenvalue weighted by Crippen LogP contribution is 2.38. The van der Waals surface area contributed by atoms with Gasteiger partial charge in [0.05, 0.1) is 16.4 Å². The van der Waals surface area contributed by atoms with Gasteiger partial charge in [-0.05, 0) is 54.1 Å². The van der Waals surface area contributed by atoms with Crippen LogP contribution in [0.3, 0.4) is 0 Å². The molecule has 0 bridgehead atoms. The van der Waals surface area contributed by atoms with Crippen LogP contribution in [0.2, 0.25) is 0 Å². The third-order valence-electron chi connectivity index (χ3n) is 5.67. The van der Waals surface area contributed by atoms with Crippen molar-refractivity contribution in [1.29, 1.82) is 0 Å². The number of rotatable bonds is 8. The molecule has 5 rings (SSSR count). The normalized spacial score (nSPS) is 10.9. The Labute approximate surface area is 196 Å². The Hall–Kier alpha value is -4.58. The van der Waals surface area contributed by atoms with Crippen LogP contribution in [-0.4, -0.2) is 23.4 Å². The van der Waals surface area contributed by atoms with E-state index in [9.17, 15) is 9.59 Å². The van der Waals surface area contributed by atoms with Crippen LogP contribution >= 0.6 is 0 Å². The summed E-state index contributed by atoms with van der Waals surface area (Å²) in [6, 6.07) is 28.6. The average molecular weight is 450 g/mol. The van der Waals surface area contributed by atoms with E-state index in [1.165, 1.54) is 0 Å². The van der Waals surface area contributed by atoms with E-state index in [1.54, 1.807) is 12.1 Å². The van der Waals surface area contributed by atoms with Crippen molar-refractivity contribution in [3.63, 3.8) is 0 Å². The topological polar surface area (TPSA) is 83.6 Å². The number of para-hydroxylation sites is 1. The second-order valence-electron chi connectivity index (χ2n) is 7.84. The van der Waals surface area contributed by atoms with Gasteiger partial charge in [0.25, 0.3) is 0 Å². The molecule has 4 aromatic carbocycles. The molecule has 1 aromatic heterocycles. The summed E-state index contributed by atoms with van der Waals surface area (Å²) in [7, 11) is 0. The van der Waals surface area contributed by atoms with Crippen molar-refractivity contribution in [2.24, 2.45) is 5.73 Å². The number of hydrogen-bond acceptors (Lipinski definition) is 4. The predicted molar refractivity (Wildman–Crippen MR) is 132 cm³/mol. The van der Waals surface area contributed by atoms with Crippen LogP contribution in [0.5, 0.6) is 17.2 Å². The number of fused-ring (bicyclic) bond motifs is 3. The highest BCUT2D eigenvalue weighted by Gasteiger charge is 2.19. The minimum absolute atomic E-state index is 0.0800. The van der Waals surface area contributed by atoms with Crippen molar-refractivity contribution in [1.82, 2.24) is 4.57 Å². The van der Waals surface area contributed by atoms with Crippen LogP contribution in [0.15, 0.2) is 91.0 Å². The number of benzene rings is 4. The lowest BCUT2D eigenvalue weighted by Gasteiger charge is -2.11. The fraction of sp³-hybridized carbons (Fsp3) is 0.0714. The molecule has 6 heteroatoms. The van der Waals surface area contributed by atoms with Crippen LogP contribution in [-0.2, 0) is 11.3 Å². The van der Waals surface area contributed by atoms with Gasteiger partial charge in [-0.2, -0.15) is 0 Å². The molecule has 0 unspecified atom stereocenters. The highest BCUT2D eigenvalue weighted by molar-refractivity contribution is 6.19. The van der Waals surface area contributed by atoms with Crippen molar-refractivity contribution in [2.45, 2.75) is 6.54 Å². The number of primary amides is 1. The van der Waals surface area contributed by atoms with Crippen LogP contribution in [0.4, 0.5) is 0 Å². The van der Waals surface area contributed by atoms with Gasteiger partial charge in [0.15, 0.2) is 6.29 Å². The van der Waals surface area contributed by atoms with Gasteiger partial charge in [-0.25, -0.2) is 0 Å². The third kappa shape index (κ3) is 3.97. The van der Waals surface area contributed by atoms with Crippen LogP contribution in [0.25, 0.3) is 21.8 Å². The standard InChI is InChI=1S/C28H22N2O4/c29-28(32)22-11-5-12-23-26(22)27-24(13-6-14-25(27)33-16-15-31)30(23)18-19-7-4-10-21(17-19)34-20-8-2-1-3-9-20/h1-15,17H,16,18H2,(H2,29,32). The molecule has 0 atom stereocenters. The Morgan fingerprint density at radius 3 is 2.29 bits per heavy atom. The fourth-order valence-electron chi connectivity index (χ4n) is 4.29. The summed E-state index contributed by atoms with van der Waals surface area (Å²) in [6.07, 6.45) is 0.700. The van der Waals surface area contributed by atoms with E-state index in [0.717, 1.165) is 33.5 Å². The number of hydrogen-bond donors (Lipinski definition) is 1. The van der Waals surface area contributed by atoms with Crippen molar-refractivity contribution in [3.05, 3.63) is 102 Å². The molecule has 0 fully saturated rings. The zero-order valence-corrected chi connectivity index (χ0v) is 18.3.